The second kappa shape index (κ2) is 4.37. The quantitative estimate of drug-likeness (QED) is 0.836. The summed E-state index contributed by atoms with van der Waals surface area (Å²) in [7, 11) is 0. The Kier molecular flexibility index (Phi) is 3.30. The largest absolute Gasteiger partial charge is 0.394 e. The molecule has 1 aromatic heterocycles. The second-order valence-corrected chi connectivity index (χ2v) is 6.41. The van der Waals surface area contributed by atoms with Crippen molar-refractivity contribution in [1.29, 1.82) is 0 Å². The number of nitrogens with two attached hydrogens (primary N) is 1. The predicted octanol–water partition coefficient (Wildman–Crippen LogP) is 1.18. The normalized spacial score (nSPS) is 31.0. The summed E-state index contributed by atoms with van der Waals surface area (Å²) in [6.07, 6.45) is 2.83. The van der Waals surface area contributed by atoms with Gasteiger partial charge in [-0.3, -0.25) is 0 Å². The molecule has 1 aliphatic carbocycles. The summed E-state index contributed by atoms with van der Waals surface area (Å²) in [4.78, 5) is 4.31. The molecule has 1 fully saturated rings. The lowest BCUT2D eigenvalue weighted by molar-refractivity contribution is 0.200. The van der Waals surface area contributed by atoms with Gasteiger partial charge >= 0.3 is 0 Å². The van der Waals surface area contributed by atoms with Crippen LogP contribution in [0.5, 0.6) is 0 Å². The van der Waals surface area contributed by atoms with Crippen LogP contribution >= 0.6 is 23.3 Å². The highest BCUT2D eigenvalue weighted by Crippen LogP contribution is 2.39. The molecule has 1 aliphatic rings. The molecule has 1 heterocycles. The molecule has 1 aromatic rings. The van der Waals surface area contributed by atoms with E-state index in [1.165, 1.54) is 11.5 Å². The fraction of sp³-hybridized carbons (Fsp3) is 0.778. The van der Waals surface area contributed by atoms with E-state index in [4.69, 9.17) is 10.8 Å². The van der Waals surface area contributed by atoms with Crippen molar-refractivity contribution in [2.24, 2.45) is 5.73 Å². The lowest BCUT2D eigenvalue weighted by Gasteiger charge is -2.20. The van der Waals surface area contributed by atoms with Crippen LogP contribution in [0.15, 0.2) is 4.34 Å². The monoisotopic (exact) mass is 245 g/mol. The van der Waals surface area contributed by atoms with Gasteiger partial charge in [0, 0.05) is 10.8 Å². The number of aliphatic hydroxyl groups excluding tert-OH is 1. The third-order valence-electron chi connectivity index (χ3n) is 2.69. The van der Waals surface area contributed by atoms with E-state index in [2.05, 4.69) is 9.36 Å². The summed E-state index contributed by atoms with van der Waals surface area (Å²) in [5.74, 6) is 0.835. The Bertz CT molecular complexity index is 344. The van der Waals surface area contributed by atoms with Crippen molar-refractivity contribution < 1.29 is 5.11 Å². The van der Waals surface area contributed by atoms with E-state index in [1.807, 2.05) is 6.92 Å². The number of aliphatic hydroxyl groups is 1. The fourth-order valence-electron chi connectivity index (χ4n) is 1.82. The van der Waals surface area contributed by atoms with Crippen LogP contribution in [0.3, 0.4) is 0 Å². The van der Waals surface area contributed by atoms with Gasteiger partial charge in [-0.1, -0.05) is 11.8 Å². The average Bonchev–Trinajstić information content (AvgIpc) is 2.76. The third-order valence-corrected chi connectivity index (χ3v) is 4.83. The minimum Gasteiger partial charge on any atom is -0.394 e. The van der Waals surface area contributed by atoms with Crippen LogP contribution in [-0.4, -0.2) is 31.9 Å². The highest BCUT2D eigenvalue weighted by molar-refractivity contribution is 8.01. The first-order chi connectivity index (χ1) is 7.11. The van der Waals surface area contributed by atoms with Gasteiger partial charge in [-0.2, -0.15) is 4.37 Å². The molecule has 2 unspecified atom stereocenters. The Hall–Kier alpha value is -0.170. The van der Waals surface area contributed by atoms with E-state index < -0.39 is 0 Å². The molecule has 1 saturated carbocycles. The van der Waals surface area contributed by atoms with Gasteiger partial charge < -0.3 is 10.8 Å². The molecule has 4 nitrogen and oxygen atoms in total. The lowest BCUT2D eigenvalue weighted by Crippen LogP contribution is -2.40. The zero-order chi connectivity index (χ0) is 10.9. The maximum absolute atomic E-state index is 9.15. The molecule has 15 heavy (non-hydrogen) atoms. The number of nitrogens with zero attached hydrogens (tertiary/aromatic N) is 2. The van der Waals surface area contributed by atoms with Crippen molar-refractivity contribution in [3.05, 3.63) is 5.82 Å². The fourth-order valence-corrected chi connectivity index (χ4v) is 4.06. The maximum Gasteiger partial charge on any atom is 0.170 e. The van der Waals surface area contributed by atoms with E-state index >= 15 is 0 Å². The molecular weight excluding hydrogens is 230 g/mol. The molecule has 0 aliphatic heterocycles. The first kappa shape index (κ1) is 11.3. The predicted molar refractivity (Wildman–Crippen MR) is 62.1 cm³/mol. The number of hydrogen-bond donors (Lipinski definition) is 2. The van der Waals surface area contributed by atoms with E-state index in [0.717, 1.165) is 29.4 Å². The lowest BCUT2D eigenvalue weighted by atomic mass is 10.0. The minimum absolute atomic E-state index is 0.0825. The van der Waals surface area contributed by atoms with Gasteiger partial charge in [0.2, 0.25) is 0 Å². The zero-order valence-corrected chi connectivity index (χ0v) is 10.3. The Morgan fingerprint density at radius 3 is 3.07 bits per heavy atom. The van der Waals surface area contributed by atoms with Crippen LogP contribution < -0.4 is 5.73 Å². The molecule has 0 radical (unpaired) electrons. The summed E-state index contributed by atoms with van der Waals surface area (Å²) in [5.41, 5.74) is 5.65. The Balaban J connectivity index is 1.92. The molecule has 0 aromatic carbocycles. The van der Waals surface area contributed by atoms with Crippen molar-refractivity contribution in [3.63, 3.8) is 0 Å². The van der Waals surface area contributed by atoms with Gasteiger partial charge in [0.1, 0.15) is 5.82 Å². The number of aryl methyl sites for hydroxylation is 1. The van der Waals surface area contributed by atoms with Crippen LogP contribution in [0.25, 0.3) is 0 Å². The van der Waals surface area contributed by atoms with Gasteiger partial charge in [0.25, 0.3) is 0 Å². The van der Waals surface area contributed by atoms with E-state index in [0.29, 0.717) is 5.25 Å². The van der Waals surface area contributed by atoms with Crippen LogP contribution in [0.2, 0.25) is 0 Å². The molecule has 0 spiro atoms. The summed E-state index contributed by atoms with van der Waals surface area (Å²) < 4.78 is 5.16. The van der Waals surface area contributed by atoms with Crippen molar-refractivity contribution in [2.75, 3.05) is 6.61 Å². The Labute approximate surface area is 97.5 Å². The van der Waals surface area contributed by atoms with Crippen molar-refractivity contribution >= 4 is 23.3 Å². The molecular formula is C9H15N3OS2. The van der Waals surface area contributed by atoms with Gasteiger partial charge in [0.15, 0.2) is 4.34 Å². The molecule has 6 heteroatoms. The molecule has 0 bridgehead atoms. The summed E-state index contributed by atoms with van der Waals surface area (Å²) in [6.45, 7) is 1.98. The number of thioether (sulfide) groups is 1. The van der Waals surface area contributed by atoms with E-state index in [1.54, 1.807) is 11.8 Å². The van der Waals surface area contributed by atoms with E-state index in [9.17, 15) is 0 Å². The van der Waals surface area contributed by atoms with Crippen LogP contribution in [0, 0.1) is 6.92 Å². The van der Waals surface area contributed by atoms with Crippen molar-refractivity contribution in [3.8, 4) is 0 Å². The van der Waals surface area contributed by atoms with Gasteiger partial charge in [-0.15, -0.1) is 0 Å². The maximum atomic E-state index is 9.15. The highest BCUT2D eigenvalue weighted by atomic mass is 32.2. The summed E-state index contributed by atoms with van der Waals surface area (Å²) in [6, 6.07) is 0. The van der Waals surface area contributed by atoms with Gasteiger partial charge in [-0.25, -0.2) is 4.98 Å². The second-order valence-electron chi connectivity index (χ2n) is 4.11. The molecule has 2 rings (SSSR count). The van der Waals surface area contributed by atoms with Crippen LogP contribution in [0.4, 0.5) is 0 Å². The van der Waals surface area contributed by atoms with Gasteiger partial charge in [0.05, 0.1) is 6.61 Å². The summed E-state index contributed by atoms with van der Waals surface area (Å²) in [5, 5.41) is 9.63. The molecule has 84 valence electrons. The molecule has 0 amide bonds. The number of rotatable bonds is 3. The third kappa shape index (κ3) is 2.69. The number of aromatic nitrogens is 2. The summed E-state index contributed by atoms with van der Waals surface area (Å²) >= 11 is 3.19. The topological polar surface area (TPSA) is 72.0 Å². The van der Waals surface area contributed by atoms with Gasteiger partial charge in [-0.05, 0) is 37.7 Å². The molecule has 2 atom stereocenters. The van der Waals surface area contributed by atoms with Crippen LogP contribution in [-0.2, 0) is 0 Å². The number of hydrogen-bond acceptors (Lipinski definition) is 6. The first-order valence-electron chi connectivity index (χ1n) is 4.98. The van der Waals surface area contributed by atoms with Crippen molar-refractivity contribution in [2.45, 2.75) is 41.3 Å². The zero-order valence-electron chi connectivity index (χ0n) is 8.64. The minimum atomic E-state index is -0.364. The average molecular weight is 245 g/mol. The SMILES string of the molecule is Cc1nsc(SC2CCC(N)(CO)C2)n1. The smallest absolute Gasteiger partial charge is 0.170 e. The highest BCUT2D eigenvalue weighted by Gasteiger charge is 2.35. The molecule has 0 saturated heterocycles. The first-order valence-corrected chi connectivity index (χ1v) is 6.63. The molecule has 3 N–H and O–H groups in total. The van der Waals surface area contributed by atoms with Crippen LogP contribution in [0.1, 0.15) is 25.1 Å². The Morgan fingerprint density at radius 2 is 2.53 bits per heavy atom. The van der Waals surface area contributed by atoms with E-state index in [-0.39, 0.29) is 12.1 Å². The Morgan fingerprint density at radius 1 is 1.73 bits per heavy atom. The standard InChI is InChI=1S/C9H15N3OS2/c1-6-11-8(15-12-6)14-7-2-3-9(10,4-7)5-13/h7,13H,2-5,10H2,1H3. The van der Waals surface area contributed by atoms with Crippen molar-refractivity contribution in [1.82, 2.24) is 9.36 Å².